The van der Waals surface area contributed by atoms with Gasteiger partial charge < -0.3 is 4.90 Å². The first-order valence-corrected chi connectivity index (χ1v) is 9.98. The van der Waals surface area contributed by atoms with Gasteiger partial charge in [-0.2, -0.15) is 0 Å². The molecule has 140 valence electrons. The minimum absolute atomic E-state index is 0.101. The van der Waals surface area contributed by atoms with Crippen LogP contribution < -0.4 is 4.31 Å². The van der Waals surface area contributed by atoms with Crippen LogP contribution in [0, 0.1) is 12.8 Å². The third-order valence-corrected chi connectivity index (χ3v) is 5.90. The van der Waals surface area contributed by atoms with Gasteiger partial charge in [-0.1, -0.05) is 37.6 Å². The summed E-state index contributed by atoms with van der Waals surface area (Å²) in [6.45, 7) is 6.61. The van der Waals surface area contributed by atoms with Crippen molar-refractivity contribution in [3.63, 3.8) is 0 Å². The van der Waals surface area contributed by atoms with E-state index in [2.05, 4.69) is 0 Å². The molecular formula is C20H26N2O3S. The molecule has 1 amide bonds. The standard InChI is InChI=1S/C20H26N2O3S/c1-15(2)14-21(4)20(23)17-7-6-8-19(13-17)26(24,25)22(5)18-11-9-16(3)10-12-18/h6-13,15H,14H2,1-5H3. The number of rotatable bonds is 6. The average Bonchev–Trinajstić information content (AvgIpc) is 2.60. The highest BCUT2D eigenvalue weighted by atomic mass is 32.2. The molecule has 2 rings (SSSR count). The Bertz CT molecular complexity index is 874. The Kier molecular flexibility index (Phi) is 6.08. The van der Waals surface area contributed by atoms with Crippen molar-refractivity contribution >= 4 is 21.6 Å². The van der Waals surface area contributed by atoms with Crippen LogP contribution in [0.25, 0.3) is 0 Å². The molecule has 0 spiro atoms. The summed E-state index contributed by atoms with van der Waals surface area (Å²) in [6, 6.07) is 13.5. The van der Waals surface area contributed by atoms with E-state index in [1.165, 1.54) is 23.5 Å². The zero-order chi connectivity index (χ0) is 19.5. The lowest BCUT2D eigenvalue weighted by Crippen LogP contribution is -2.31. The maximum Gasteiger partial charge on any atom is 0.264 e. The summed E-state index contributed by atoms with van der Waals surface area (Å²) in [7, 11) is -0.510. The first-order valence-electron chi connectivity index (χ1n) is 8.54. The van der Waals surface area contributed by atoms with Crippen LogP contribution in [-0.4, -0.2) is 39.9 Å². The molecule has 0 saturated heterocycles. The van der Waals surface area contributed by atoms with Crippen LogP contribution in [-0.2, 0) is 10.0 Å². The molecule has 0 saturated carbocycles. The average molecular weight is 375 g/mol. The summed E-state index contributed by atoms with van der Waals surface area (Å²) in [5, 5.41) is 0. The number of hydrogen-bond donors (Lipinski definition) is 0. The summed E-state index contributed by atoms with van der Waals surface area (Å²) in [5.74, 6) is 0.150. The first kappa shape index (κ1) is 20.0. The van der Waals surface area contributed by atoms with Crippen molar-refractivity contribution in [1.82, 2.24) is 4.90 Å². The molecule has 6 heteroatoms. The number of nitrogens with zero attached hydrogens (tertiary/aromatic N) is 2. The summed E-state index contributed by atoms with van der Waals surface area (Å²) in [5.41, 5.74) is 2.00. The molecule has 0 atom stereocenters. The van der Waals surface area contributed by atoms with E-state index in [-0.39, 0.29) is 10.8 Å². The van der Waals surface area contributed by atoms with Crippen LogP contribution in [0.15, 0.2) is 53.4 Å². The summed E-state index contributed by atoms with van der Waals surface area (Å²) in [6.07, 6.45) is 0. The number of carbonyl (C=O) groups excluding carboxylic acids is 1. The molecule has 0 aliphatic heterocycles. The van der Waals surface area contributed by atoms with E-state index in [0.717, 1.165) is 5.56 Å². The highest BCUT2D eigenvalue weighted by molar-refractivity contribution is 7.92. The van der Waals surface area contributed by atoms with Crippen LogP contribution in [0.3, 0.4) is 0 Å². The molecular weight excluding hydrogens is 348 g/mol. The van der Waals surface area contributed by atoms with Crippen molar-refractivity contribution in [3.8, 4) is 0 Å². The third kappa shape index (κ3) is 4.43. The molecule has 0 radical (unpaired) electrons. The fourth-order valence-electron chi connectivity index (χ4n) is 2.69. The van der Waals surface area contributed by atoms with Crippen LogP contribution in [0.5, 0.6) is 0 Å². The number of anilines is 1. The molecule has 2 aromatic carbocycles. The fraction of sp³-hybridized carbons (Fsp3) is 0.350. The zero-order valence-electron chi connectivity index (χ0n) is 15.9. The Hall–Kier alpha value is -2.34. The Morgan fingerprint density at radius 3 is 2.23 bits per heavy atom. The van der Waals surface area contributed by atoms with Crippen molar-refractivity contribution in [2.45, 2.75) is 25.7 Å². The number of sulfonamides is 1. The van der Waals surface area contributed by atoms with E-state index >= 15 is 0 Å². The van der Waals surface area contributed by atoms with Crippen molar-refractivity contribution in [3.05, 3.63) is 59.7 Å². The van der Waals surface area contributed by atoms with E-state index in [9.17, 15) is 13.2 Å². The summed E-state index contributed by atoms with van der Waals surface area (Å²) < 4.78 is 27.1. The lowest BCUT2D eigenvalue weighted by atomic mass is 10.1. The van der Waals surface area contributed by atoms with Crippen molar-refractivity contribution in [1.29, 1.82) is 0 Å². The van der Waals surface area contributed by atoms with Gasteiger partial charge in [0, 0.05) is 26.2 Å². The van der Waals surface area contributed by atoms with E-state index in [1.807, 2.05) is 32.9 Å². The number of hydrogen-bond acceptors (Lipinski definition) is 3. The van der Waals surface area contributed by atoms with Crippen molar-refractivity contribution in [2.75, 3.05) is 24.9 Å². The largest absolute Gasteiger partial charge is 0.341 e. The Morgan fingerprint density at radius 1 is 1.04 bits per heavy atom. The Labute approximate surface area is 156 Å². The van der Waals surface area contributed by atoms with Gasteiger partial charge in [0.1, 0.15) is 0 Å². The normalized spacial score (nSPS) is 11.5. The molecule has 0 aliphatic rings. The van der Waals surface area contributed by atoms with Gasteiger partial charge in [0.25, 0.3) is 15.9 Å². The molecule has 0 fully saturated rings. The molecule has 5 nitrogen and oxygen atoms in total. The second-order valence-electron chi connectivity index (χ2n) is 6.92. The van der Waals surface area contributed by atoms with Gasteiger partial charge in [-0.15, -0.1) is 0 Å². The summed E-state index contributed by atoms with van der Waals surface area (Å²) >= 11 is 0. The van der Waals surface area contributed by atoms with E-state index in [1.54, 1.807) is 36.2 Å². The van der Waals surface area contributed by atoms with Crippen LogP contribution >= 0.6 is 0 Å². The van der Waals surface area contributed by atoms with Crippen LogP contribution in [0.4, 0.5) is 5.69 Å². The number of carbonyl (C=O) groups is 1. The highest BCUT2D eigenvalue weighted by Crippen LogP contribution is 2.23. The summed E-state index contributed by atoms with van der Waals surface area (Å²) in [4.78, 5) is 14.3. The second kappa shape index (κ2) is 7.91. The maximum atomic E-state index is 12.9. The SMILES string of the molecule is Cc1ccc(N(C)S(=O)(=O)c2cccc(C(=O)N(C)CC(C)C)c2)cc1. The van der Waals surface area contributed by atoms with Crippen LogP contribution in [0.2, 0.25) is 0 Å². The third-order valence-electron chi connectivity index (χ3n) is 4.12. The van der Waals surface area contributed by atoms with E-state index in [0.29, 0.717) is 23.7 Å². The first-order chi connectivity index (χ1) is 12.1. The quantitative estimate of drug-likeness (QED) is 0.777. The van der Waals surface area contributed by atoms with Gasteiger partial charge in [0.15, 0.2) is 0 Å². The molecule has 0 heterocycles. The van der Waals surface area contributed by atoms with Gasteiger partial charge in [-0.25, -0.2) is 8.42 Å². The molecule has 0 bridgehead atoms. The lowest BCUT2D eigenvalue weighted by Gasteiger charge is -2.21. The molecule has 0 aliphatic carbocycles. The van der Waals surface area contributed by atoms with Crippen LogP contribution in [0.1, 0.15) is 29.8 Å². The highest BCUT2D eigenvalue weighted by Gasteiger charge is 2.23. The van der Waals surface area contributed by atoms with E-state index in [4.69, 9.17) is 0 Å². The molecule has 0 N–H and O–H groups in total. The van der Waals surface area contributed by atoms with Gasteiger partial charge in [0.05, 0.1) is 10.6 Å². The topological polar surface area (TPSA) is 57.7 Å². The Balaban J connectivity index is 2.33. The predicted molar refractivity (Wildman–Crippen MR) is 105 cm³/mol. The molecule has 0 aromatic heterocycles. The smallest absolute Gasteiger partial charge is 0.264 e. The monoisotopic (exact) mass is 374 g/mol. The second-order valence-corrected chi connectivity index (χ2v) is 8.88. The fourth-order valence-corrected chi connectivity index (χ4v) is 3.93. The van der Waals surface area contributed by atoms with Gasteiger partial charge >= 0.3 is 0 Å². The molecule has 2 aromatic rings. The van der Waals surface area contributed by atoms with Gasteiger partial charge in [-0.3, -0.25) is 9.10 Å². The Morgan fingerprint density at radius 2 is 1.65 bits per heavy atom. The zero-order valence-corrected chi connectivity index (χ0v) is 16.7. The lowest BCUT2D eigenvalue weighted by molar-refractivity contribution is 0.0779. The van der Waals surface area contributed by atoms with Crippen molar-refractivity contribution < 1.29 is 13.2 Å². The number of aryl methyl sites for hydroxylation is 1. The predicted octanol–water partition coefficient (Wildman–Crippen LogP) is 3.55. The minimum Gasteiger partial charge on any atom is -0.341 e. The van der Waals surface area contributed by atoms with E-state index < -0.39 is 10.0 Å². The maximum absolute atomic E-state index is 12.9. The molecule has 0 unspecified atom stereocenters. The van der Waals surface area contributed by atoms with Gasteiger partial charge in [-0.05, 0) is 43.2 Å². The number of benzene rings is 2. The molecule has 26 heavy (non-hydrogen) atoms. The minimum atomic E-state index is -3.75. The van der Waals surface area contributed by atoms with Gasteiger partial charge in [0.2, 0.25) is 0 Å². The van der Waals surface area contributed by atoms with Crippen molar-refractivity contribution in [2.24, 2.45) is 5.92 Å². The number of amides is 1.